The van der Waals surface area contributed by atoms with Crippen molar-refractivity contribution >= 4 is 18.2 Å². The molecule has 1 aliphatic rings. The lowest BCUT2D eigenvalue weighted by atomic mass is 9.97. The number of pyridine rings is 1. The number of carbonyl (C=O) groups excluding carboxylic acids is 1. The van der Waals surface area contributed by atoms with Crippen LogP contribution >= 0.6 is 12.2 Å². The van der Waals surface area contributed by atoms with Gasteiger partial charge in [-0.1, -0.05) is 12.2 Å². The smallest absolute Gasteiger partial charge is 0.309 e. The Balaban J connectivity index is 2.14. The van der Waals surface area contributed by atoms with Crippen LogP contribution in [0.1, 0.15) is 42.1 Å². The standard InChI is InChI=1S/C18H25N3O2S/c1-5-23-18(22)15-6-8-20(9-7-15)11-21-14(4)12(2)13(3)16(10-19)17(21)24/h15H,5-9,11H2,1-4H3/p+1. The van der Waals surface area contributed by atoms with E-state index in [1.54, 1.807) is 0 Å². The number of piperidine rings is 1. The highest BCUT2D eigenvalue weighted by Crippen LogP contribution is 2.18. The van der Waals surface area contributed by atoms with Crippen molar-refractivity contribution in [3.63, 3.8) is 0 Å². The van der Waals surface area contributed by atoms with Crippen LogP contribution in [0.4, 0.5) is 0 Å². The van der Waals surface area contributed by atoms with Gasteiger partial charge in [0.15, 0.2) is 6.67 Å². The summed E-state index contributed by atoms with van der Waals surface area (Å²) in [6, 6.07) is 2.25. The average Bonchev–Trinajstić information content (AvgIpc) is 2.58. The van der Waals surface area contributed by atoms with Gasteiger partial charge in [-0.25, -0.2) is 0 Å². The Morgan fingerprint density at radius 2 is 1.96 bits per heavy atom. The van der Waals surface area contributed by atoms with Crippen molar-refractivity contribution in [1.29, 1.82) is 5.26 Å². The van der Waals surface area contributed by atoms with E-state index in [-0.39, 0.29) is 11.9 Å². The van der Waals surface area contributed by atoms with E-state index in [1.807, 2.05) is 20.8 Å². The minimum atomic E-state index is -0.0673. The second-order valence-electron chi connectivity index (χ2n) is 6.49. The molecular formula is C18H26N3O2S+. The molecule has 0 radical (unpaired) electrons. The number of hydrogen-bond donors (Lipinski definition) is 1. The first-order valence-corrected chi connectivity index (χ1v) is 8.92. The van der Waals surface area contributed by atoms with Gasteiger partial charge in [-0.3, -0.25) is 9.36 Å². The van der Waals surface area contributed by atoms with E-state index in [1.165, 1.54) is 4.90 Å². The number of rotatable bonds is 4. The minimum Gasteiger partial charge on any atom is -0.466 e. The highest BCUT2D eigenvalue weighted by atomic mass is 32.1. The first-order chi connectivity index (χ1) is 11.4. The van der Waals surface area contributed by atoms with Crippen LogP contribution in [-0.4, -0.2) is 30.2 Å². The molecule has 1 fully saturated rings. The van der Waals surface area contributed by atoms with Crippen molar-refractivity contribution in [2.75, 3.05) is 19.7 Å². The maximum atomic E-state index is 11.8. The molecule has 1 aromatic rings. The monoisotopic (exact) mass is 348 g/mol. The SMILES string of the molecule is CCOC(=O)C1CC[NH+](Cn2c(C)c(C)c(C)c(C#N)c2=S)CC1. The average molecular weight is 348 g/mol. The van der Waals surface area contributed by atoms with Gasteiger partial charge in [0.05, 0.1) is 31.2 Å². The minimum absolute atomic E-state index is 0.0252. The second-order valence-corrected chi connectivity index (χ2v) is 6.88. The number of nitrogens with one attached hydrogen (secondary N) is 1. The number of nitriles is 1. The van der Waals surface area contributed by atoms with Crippen LogP contribution in [0.5, 0.6) is 0 Å². The van der Waals surface area contributed by atoms with Crippen LogP contribution < -0.4 is 4.90 Å². The number of likely N-dealkylation sites (tertiary alicyclic amines) is 1. The molecule has 130 valence electrons. The van der Waals surface area contributed by atoms with Gasteiger partial charge in [0.1, 0.15) is 10.7 Å². The van der Waals surface area contributed by atoms with Gasteiger partial charge in [0.25, 0.3) is 0 Å². The summed E-state index contributed by atoms with van der Waals surface area (Å²) in [5.74, 6) is -0.0421. The van der Waals surface area contributed by atoms with E-state index in [4.69, 9.17) is 17.0 Å². The zero-order valence-electron chi connectivity index (χ0n) is 14.9. The number of ether oxygens (including phenoxy) is 1. The Bertz CT molecular complexity index is 725. The lowest BCUT2D eigenvalue weighted by Crippen LogP contribution is -3.12. The predicted octanol–water partition coefficient (Wildman–Crippen LogP) is 1.83. The molecule has 0 amide bonds. The molecule has 0 bridgehead atoms. The maximum absolute atomic E-state index is 11.8. The van der Waals surface area contributed by atoms with Crippen molar-refractivity contribution < 1.29 is 14.4 Å². The number of aromatic nitrogens is 1. The fourth-order valence-corrected chi connectivity index (χ4v) is 3.73. The van der Waals surface area contributed by atoms with Gasteiger partial charge in [0.2, 0.25) is 0 Å². The zero-order valence-corrected chi connectivity index (χ0v) is 15.8. The topological polar surface area (TPSA) is 59.5 Å². The lowest BCUT2D eigenvalue weighted by molar-refractivity contribution is -0.928. The van der Waals surface area contributed by atoms with Crippen LogP contribution in [0, 0.1) is 42.7 Å². The number of esters is 1. The summed E-state index contributed by atoms with van der Waals surface area (Å²) in [5.41, 5.74) is 3.83. The quantitative estimate of drug-likeness (QED) is 0.666. The summed E-state index contributed by atoms with van der Waals surface area (Å²) in [6.45, 7) is 10.9. The van der Waals surface area contributed by atoms with Crippen LogP contribution in [-0.2, 0) is 16.2 Å². The Morgan fingerprint density at radius 3 is 2.50 bits per heavy atom. The normalized spacial score (nSPS) is 20.5. The highest BCUT2D eigenvalue weighted by Gasteiger charge is 2.29. The molecule has 0 unspecified atom stereocenters. The molecule has 6 heteroatoms. The van der Waals surface area contributed by atoms with Crippen LogP contribution in [0.15, 0.2) is 0 Å². The fourth-order valence-electron chi connectivity index (χ4n) is 3.33. The van der Waals surface area contributed by atoms with Crippen molar-refractivity contribution in [2.24, 2.45) is 5.92 Å². The summed E-state index contributed by atoms with van der Waals surface area (Å²) in [6.07, 6.45) is 1.69. The zero-order chi connectivity index (χ0) is 17.9. The molecule has 0 atom stereocenters. The van der Waals surface area contributed by atoms with Crippen molar-refractivity contribution in [1.82, 2.24) is 4.57 Å². The van der Waals surface area contributed by atoms with Crippen molar-refractivity contribution in [2.45, 2.75) is 47.2 Å². The van der Waals surface area contributed by atoms with E-state index >= 15 is 0 Å². The molecule has 2 rings (SSSR count). The van der Waals surface area contributed by atoms with E-state index in [0.717, 1.165) is 49.4 Å². The molecule has 1 N–H and O–H groups in total. The van der Waals surface area contributed by atoms with E-state index in [9.17, 15) is 10.1 Å². The lowest BCUT2D eigenvalue weighted by Gasteiger charge is -2.29. The number of quaternary nitrogens is 1. The first-order valence-electron chi connectivity index (χ1n) is 8.51. The molecule has 5 nitrogen and oxygen atoms in total. The molecule has 24 heavy (non-hydrogen) atoms. The molecule has 0 aromatic carbocycles. The van der Waals surface area contributed by atoms with Gasteiger partial charge >= 0.3 is 5.97 Å². The van der Waals surface area contributed by atoms with E-state index < -0.39 is 0 Å². The molecule has 0 spiro atoms. The Labute approximate surface area is 148 Å². The summed E-state index contributed by atoms with van der Waals surface area (Å²) >= 11 is 5.55. The number of carbonyl (C=O) groups is 1. The summed E-state index contributed by atoms with van der Waals surface area (Å²) in [5, 5.41) is 9.40. The van der Waals surface area contributed by atoms with Gasteiger partial charge < -0.3 is 9.64 Å². The van der Waals surface area contributed by atoms with Crippen LogP contribution in [0.3, 0.4) is 0 Å². The van der Waals surface area contributed by atoms with Crippen molar-refractivity contribution in [3.05, 3.63) is 27.0 Å². The number of hydrogen-bond acceptors (Lipinski definition) is 4. The fraction of sp³-hybridized carbons (Fsp3) is 0.611. The third-order valence-corrected chi connectivity index (χ3v) is 5.57. The molecule has 1 saturated heterocycles. The third-order valence-electron chi connectivity index (χ3n) is 5.15. The second kappa shape index (κ2) is 7.91. The highest BCUT2D eigenvalue weighted by molar-refractivity contribution is 7.71. The Morgan fingerprint density at radius 1 is 1.33 bits per heavy atom. The summed E-state index contributed by atoms with van der Waals surface area (Å²) < 4.78 is 7.83. The van der Waals surface area contributed by atoms with Gasteiger partial charge in [-0.05, 0) is 38.8 Å². The molecule has 1 aliphatic heterocycles. The van der Waals surface area contributed by atoms with Gasteiger partial charge in [-0.2, -0.15) is 5.26 Å². The van der Waals surface area contributed by atoms with Crippen molar-refractivity contribution in [3.8, 4) is 6.07 Å². The first kappa shape index (κ1) is 18.6. The predicted molar refractivity (Wildman–Crippen MR) is 94.2 cm³/mol. The molecule has 2 heterocycles. The molecule has 1 aromatic heterocycles. The third kappa shape index (κ3) is 3.68. The Hall–Kier alpha value is -1.71. The van der Waals surface area contributed by atoms with Gasteiger partial charge in [0, 0.05) is 18.5 Å². The summed E-state index contributed by atoms with van der Waals surface area (Å²) in [4.78, 5) is 13.2. The van der Waals surface area contributed by atoms with Crippen LogP contribution in [0.2, 0.25) is 0 Å². The molecule has 0 saturated carbocycles. The largest absolute Gasteiger partial charge is 0.466 e. The van der Waals surface area contributed by atoms with E-state index in [2.05, 4.69) is 17.6 Å². The Kier molecular flexibility index (Phi) is 6.14. The molecular weight excluding hydrogens is 322 g/mol. The summed E-state index contributed by atoms with van der Waals surface area (Å²) in [7, 11) is 0. The van der Waals surface area contributed by atoms with E-state index in [0.29, 0.717) is 16.8 Å². The molecule has 0 aliphatic carbocycles. The van der Waals surface area contributed by atoms with Crippen LogP contribution in [0.25, 0.3) is 0 Å². The van der Waals surface area contributed by atoms with Gasteiger partial charge in [-0.15, -0.1) is 0 Å². The number of nitrogens with zero attached hydrogens (tertiary/aromatic N) is 2. The maximum Gasteiger partial charge on any atom is 0.309 e.